The summed E-state index contributed by atoms with van der Waals surface area (Å²) in [6, 6.07) is 0.972. The van der Waals surface area contributed by atoms with Crippen LogP contribution >= 0.6 is 0 Å². The molecule has 14 heavy (non-hydrogen) atoms. The normalized spacial score (nSPS) is 44.8. The van der Waals surface area contributed by atoms with Crippen molar-refractivity contribution in [3.05, 3.63) is 0 Å². The van der Waals surface area contributed by atoms with E-state index in [1.165, 1.54) is 58.0 Å². The van der Waals surface area contributed by atoms with Crippen LogP contribution in [0.5, 0.6) is 0 Å². The van der Waals surface area contributed by atoms with Gasteiger partial charge in [0.2, 0.25) is 0 Å². The van der Waals surface area contributed by atoms with Gasteiger partial charge < -0.3 is 0 Å². The zero-order chi connectivity index (χ0) is 9.60. The third-order valence-corrected chi connectivity index (χ3v) is 5.08. The molecule has 2 aliphatic carbocycles. The van der Waals surface area contributed by atoms with Gasteiger partial charge >= 0.3 is 0 Å². The Balaban J connectivity index is 1.64. The highest BCUT2D eigenvalue weighted by molar-refractivity contribution is 5.04. The van der Waals surface area contributed by atoms with Crippen molar-refractivity contribution < 1.29 is 0 Å². The van der Waals surface area contributed by atoms with Crippen LogP contribution in [0, 0.1) is 11.3 Å². The van der Waals surface area contributed by atoms with Crippen molar-refractivity contribution in [1.29, 1.82) is 0 Å². The fourth-order valence-corrected chi connectivity index (χ4v) is 3.90. The van der Waals surface area contributed by atoms with Crippen LogP contribution in [0.1, 0.15) is 51.9 Å². The monoisotopic (exact) mass is 193 g/mol. The lowest BCUT2D eigenvalue weighted by atomic mass is 9.91. The van der Waals surface area contributed by atoms with E-state index in [0.29, 0.717) is 0 Å². The third-order valence-electron chi connectivity index (χ3n) is 5.08. The second kappa shape index (κ2) is 3.23. The first kappa shape index (κ1) is 9.21. The van der Waals surface area contributed by atoms with Crippen LogP contribution in [0.3, 0.4) is 0 Å². The van der Waals surface area contributed by atoms with Gasteiger partial charge in [-0.05, 0) is 50.0 Å². The van der Waals surface area contributed by atoms with E-state index in [4.69, 9.17) is 0 Å². The van der Waals surface area contributed by atoms with Crippen molar-refractivity contribution in [2.24, 2.45) is 11.3 Å². The van der Waals surface area contributed by atoms with Gasteiger partial charge in [0.1, 0.15) is 0 Å². The van der Waals surface area contributed by atoms with Crippen molar-refractivity contribution in [2.45, 2.75) is 57.9 Å². The fourth-order valence-electron chi connectivity index (χ4n) is 3.90. The SMILES string of the molecule is C[C@@H]1CC12CCCN(C1CCCC1)C2. The second-order valence-corrected chi connectivity index (χ2v) is 5.98. The van der Waals surface area contributed by atoms with Gasteiger partial charge in [0.25, 0.3) is 0 Å². The molecular formula is C13H23N. The molecule has 0 aromatic heterocycles. The fraction of sp³-hybridized carbons (Fsp3) is 1.00. The molecule has 0 radical (unpaired) electrons. The molecule has 1 nitrogen and oxygen atoms in total. The molecular weight excluding hydrogens is 170 g/mol. The van der Waals surface area contributed by atoms with Crippen molar-refractivity contribution in [2.75, 3.05) is 13.1 Å². The summed E-state index contributed by atoms with van der Waals surface area (Å²) < 4.78 is 0. The molecule has 0 aromatic rings. The topological polar surface area (TPSA) is 3.24 Å². The summed E-state index contributed by atoms with van der Waals surface area (Å²) in [6.45, 7) is 5.30. The minimum Gasteiger partial charge on any atom is -0.300 e. The quantitative estimate of drug-likeness (QED) is 0.618. The van der Waals surface area contributed by atoms with Crippen LogP contribution in [-0.2, 0) is 0 Å². The highest BCUT2D eigenvalue weighted by Crippen LogP contribution is 2.57. The average Bonchev–Trinajstić information content (AvgIpc) is 2.70. The number of hydrogen-bond donors (Lipinski definition) is 0. The Morgan fingerprint density at radius 1 is 1.14 bits per heavy atom. The Morgan fingerprint density at radius 3 is 2.50 bits per heavy atom. The Bertz CT molecular complexity index is 219. The largest absolute Gasteiger partial charge is 0.300 e. The summed E-state index contributed by atoms with van der Waals surface area (Å²) in [7, 11) is 0. The number of piperidine rings is 1. The molecule has 1 saturated heterocycles. The summed E-state index contributed by atoms with van der Waals surface area (Å²) in [5.74, 6) is 1.03. The zero-order valence-electron chi connectivity index (χ0n) is 9.47. The predicted molar refractivity (Wildman–Crippen MR) is 59.3 cm³/mol. The van der Waals surface area contributed by atoms with E-state index < -0.39 is 0 Å². The molecule has 0 bridgehead atoms. The highest BCUT2D eigenvalue weighted by atomic mass is 15.2. The van der Waals surface area contributed by atoms with E-state index >= 15 is 0 Å². The van der Waals surface area contributed by atoms with E-state index in [9.17, 15) is 0 Å². The lowest BCUT2D eigenvalue weighted by Gasteiger charge is -2.37. The summed E-state index contributed by atoms with van der Waals surface area (Å²) >= 11 is 0. The molecule has 1 spiro atoms. The molecule has 2 saturated carbocycles. The van der Waals surface area contributed by atoms with Gasteiger partial charge in [-0.25, -0.2) is 0 Å². The van der Waals surface area contributed by atoms with Gasteiger partial charge in [0.15, 0.2) is 0 Å². The average molecular weight is 193 g/mol. The maximum Gasteiger partial charge on any atom is 0.00954 e. The van der Waals surface area contributed by atoms with Crippen LogP contribution in [0.15, 0.2) is 0 Å². The van der Waals surface area contributed by atoms with Crippen LogP contribution in [0.2, 0.25) is 0 Å². The smallest absolute Gasteiger partial charge is 0.00954 e. The van der Waals surface area contributed by atoms with Gasteiger partial charge in [-0.3, -0.25) is 4.90 Å². The van der Waals surface area contributed by atoms with Gasteiger partial charge in [0, 0.05) is 12.6 Å². The molecule has 3 aliphatic rings. The van der Waals surface area contributed by atoms with E-state index in [2.05, 4.69) is 11.8 Å². The maximum atomic E-state index is 2.83. The molecule has 80 valence electrons. The predicted octanol–water partition coefficient (Wildman–Crippen LogP) is 3.05. The Hall–Kier alpha value is -0.0400. The van der Waals surface area contributed by atoms with E-state index in [1.807, 2.05) is 0 Å². The van der Waals surface area contributed by atoms with E-state index in [0.717, 1.165) is 17.4 Å². The number of nitrogens with zero attached hydrogens (tertiary/aromatic N) is 1. The Labute approximate surface area is 87.9 Å². The first-order valence-corrected chi connectivity index (χ1v) is 6.54. The molecule has 0 N–H and O–H groups in total. The molecule has 2 atom stereocenters. The van der Waals surface area contributed by atoms with Gasteiger partial charge in [0.05, 0.1) is 0 Å². The van der Waals surface area contributed by atoms with Gasteiger partial charge in [-0.15, -0.1) is 0 Å². The van der Waals surface area contributed by atoms with Crippen LogP contribution < -0.4 is 0 Å². The molecule has 1 aliphatic heterocycles. The lowest BCUT2D eigenvalue weighted by molar-refractivity contribution is 0.107. The highest BCUT2D eigenvalue weighted by Gasteiger charge is 2.53. The summed E-state index contributed by atoms with van der Waals surface area (Å²) in [5, 5.41) is 0. The molecule has 0 aromatic carbocycles. The van der Waals surface area contributed by atoms with Crippen LogP contribution in [-0.4, -0.2) is 24.0 Å². The van der Waals surface area contributed by atoms with E-state index in [-0.39, 0.29) is 0 Å². The molecule has 3 rings (SSSR count). The third kappa shape index (κ3) is 1.41. The lowest BCUT2D eigenvalue weighted by Crippen LogP contribution is -2.42. The first-order valence-electron chi connectivity index (χ1n) is 6.54. The molecule has 0 amide bonds. The van der Waals surface area contributed by atoms with Crippen LogP contribution in [0.4, 0.5) is 0 Å². The second-order valence-electron chi connectivity index (χ2n) is 5.98. The van der Waals surface area contributed by atoms with Gasteiger partial charge in [-0.1, -0.05) is 19.8 Å². The maximum absolute atomic E-state index is 2.83. The first-order chi connectivity index (χ1) is 6.80. The van der Waals surface area contributed by atoms with Crippen LogP contribution in [0.25, 0.3) is 0 Å². The standard InChI is InChI=1S/C13H23N/c1-11-9-13(11)7-4-8-14(10-13)12-5-2-3-6-12/h11-12H,2-10H2,1H3/t11-,13?/m1/s1. The van der Waals surface area contributed by atoms with Crippen molar-refractivity contribution in [1.82, 2.24) is 4.90 Å². The summed E-state index contributed by atoms with van der Waals surface area (Å²) in [6.07, 6.45) is 10.5. The Kier molecular flexibility index (Phi) is 2.12. The van der Waals surface area contributed by atoms with Crippen molar-refractivity contribution in [3.63, 3.8) is 0 Å². The Morgan fingerprint density at radius 2 is 1.86 bits per heavy atom. The molecule has 3 fully saturated rings. The summed E-state index contributed by atoms with van der Waals surface area (Å²) in [5.41, 5.74) is 0.793. The minimum atomic E-state index is 0.793. The number of rotatable bonds is 1. The zero-order valence-corrected chi connectivity index (χ0v) is 9.47. The molecule has 1 unspecified atom stereocenters. The molecule has 1 heteroatoms. The van der Waals surface area contributed by atoms with Crippen molar-refractivity contribution >= 4 is 0 Å². The van der Waals surface area contributed by atoms with Gasteiger partial charge in [-0.2, -0.15) is 0 Å². The number of hydrogen-bond acceptors (Lipinski definition) is 1. The van der Waals surface area contributed by atoms with E-state index in [1.54, 1.807) is 0 Å². The van der Waals surface area contributed by atoms with Crippen molar-refractivity contribution in [3.8, 4) is 0 Å². The molecule has 1 heterocycles. The minimum absolute atomic E-state index is 0.793. The summed E-state index contributed by atoms with van der Waals surface area (Å²) in [4.78, 5) is 2.83. The number of likely N-dealkylation sites (tertiary alicyclic amines) is 1.